The number of aldehydes is 1. The van der Waals surface area contributed by atoms with Crippen LogP contribution in [0.3, 0.4) is 0 Å². The smallest absolute Gasteiger partial charge is 0.317 e. The quantitative estimate of drug-likeness (QED) is 0.190. The van der Waals surface area contributed by atoms with E-state index in [-0.39, 0.29) is 67.9 Å². The van der Waals surface area contributed by atoms with Crippen molar-refractivity contribution in [1.29, 1.82) is 0 Å². The van der Waals surface area contributed by atoms with E-state index in [0.29, 0.717) is 12.9 Å². The molecule has 0 bridgehead atoms. The third kappa shape index (κ3) is 10.2. The Hall–Kier alpha value is -2.21. The van der Waals surface area contributed by atoms with E-state index in [2.05, 4.69) is 0 Å². The Balaban J connectivity index is 2.75. The first-order valence-electron chi connectivity index (χ1n) is 13.3. The number of ketones is 2. The van der Waals surface area contributed by atoms with Crippen LogP contribution in [0, 0.1) is 5.41 Å². The largest absolute Gasteiger partial charge is 0.480 e. The van der Waals surface area contributed by atoms with Gasteiger partial charge in [-0.25, -0.2) is 0 Å². The van der Waals surface area contributed by atoms with Crippen LogP contribution in [-0.2, 0) is 33.4 Å². The Bertz CT molecular complexity index is 833. The summed E-state index contributed by atoms with van der Waals surface area (Å²) in [6.45, 7) is 12.9. The molecule has 1 saturated heterocycles. The lowest BCUT2D eigenvalue weighted by Gasteiger charge is -2.44. The molecule has 0 aromatic rings. The highest BCUT2D eigenvalue weighted by molar-refractivity contribution is 5.83. The SMILES string of the molecule is CCC(C)(COCC(=O)CN(CC(C)=O)C(C)(C)N(CC=O)CC(=O)O)C(C)OCC1CCCN1C(C)=O. The van der Waals surface area contributed by atoms with Crippen molar-refractivity contribution in [1.82, 2.24) is 14.7 Å². The molecule has 1 aliphatic rings. The fourth-order valence-corrected chi connectivity index (χ4v) is 4.69. The van der Waals surface area contributed by atoms with Crippen molar-refractivity contribution < 1.29 is 38.6 Å². The van der Waals surface area contributed by atoms with Gasteiger partial charge in [-0.1, -0.05) is 13.8 Å². The summed E-state index contributed by atoms with van der Waals surface area (Å²) in [5.41, 5.74) is -1.41. The number of ether oxygens (including phenoxy) is 2. The van der Waals surface area contributed by atoms with E-state index < -0.39 is 18.2 Å². The number of likely N-dealkylation sites (tertiary alicyclic amines) is 1. The van der Waals surface area contributed by atoms with Crippen molar-refractivity contribution >= 4 is 29.7 Å². The lowest BCUT2D eigenvalue weighted by molar-refractivity contribution is -0.145. The molecule has 1 heterocycles. The van der Waals surface area contributed by atoms with Crippen molar-refractivity contribution in [3.05, 3.63) is 0 Å². The zero-order valence-corrected chi connectivity index (χ0v) is 24.2. The van der Waals surface area contributed by atoms with Crippen LogP contribution in [0.4, 0.5) is 0 Å². The number of hydrogen-bond donors (Lipinski definition) is 1. The molecule has 1 aliphatic heterocycles. The van der Waals surface area contributed by atoms with Crippen LogP contribution < -0.4 is 0 Å². The number of rotatable bonds is 19. The summed E-state index contributed by atoms with van der Waals surface area (Å²) in [5.74, 6) is -1.52. The van der Waals surface area contributed by atoms with E-state index in [0.717, 1.165) is 25.8 Å². The lowest BCUT2D eigenvalue weighted by atomic mass is 9.83. The number of carbonyl (C=O) groups excluding carboxylic acids is 4. The predicted molar refractivity (Wildman–Crippen MR) is 142 cm³/mol. The van der Waals surface area contributed by atoms with Crippen molar-refractivity contribution in [2.45, 2.75) is 85.5 Å². The molecule has 0 spiro atoms. The Morgan fingerprint density at radius 2 is 1.76 bits per heavy atom. The summed E-state index contributed by atoms with van der Waals surface area (Å²) in [6, 6.07) is 0.0778. The van der Waals surface area contributed by atoms with Gasteiger partial charge in [0.25, 0.3) is 0 Å². The van der Waals surface area contributed by atoms with E-state index >= 15 is 0 Å². The minimum Gasteiger partial charge on any atom is -0.480 e. The molecule has 0 aromatic carbocycles. The van der Waals surface area contributed by atoms with E-state index in [9.17, 15) is 29.1 Å². The Labute approximate surface area is 226 Å². The summed E-state index contributed by atoms with van der Waals surface area (Å²) in [6.07, 6.45) is 3.07. The van der Waals surface area contributed by atoms with Gasteiger partial charge in [-0.3, -0.25) is 29.0 Å². The summed E-state index contributed by atoms with van der Waals surface area (Å²) in [5, 5.41) is 9.26. The second-order valence-electron chi connectivity index (χ2n) is 11.0. The molecular formula is C27H47N3O8. The first-order chi connectivity index (χ1) is 17.7. The maximum absolute atomic E-state index is 12.9. The summed E-state index contributed by atoms with van der Waals surface area (Å²) in [4.78, 5) is 64.0. The zero-order valence-electron chi connectivity index (χ0n) is 24.2. The second-order valence-corrected chi connectivity index (χ2v) is 11.0. The monoisotopic (exact) mass is 541 g/mol. The summed E-state index contributed by atoms with van der Waals surface area (Å²) < 4.78 is 12.0. The molecule has 1 amide bonds. The van der Waals surface area contributed by atoms with Gasteiger partial charge in [-0.2, -0.15) is 0 Å². The van der Waals surface area contributed by atoms with Crippen LogP contribution in [-0.4, -0.2) is 120 Å². The standard InChI is InChI=1S/C27H47N3O8/c1-8-27(7,21(3)38-17-23-10-9-11-30(23)22(4)33)19-37-18-24(34)15-29(14-20(2)32)26(5,6)28(12-13-31)16-25(35)36/h13,21,23H,8-12,14-19H2,1-7H3,(H,35,36). The number of Topliss-reactive ketones (excluding diaryl/α,β-unsaturated/α-hetero) is 2. The number of carboxylic acids is 1. The molecule has 0 aromatic heterocycles. The van der Waals surface area contributed by atoms with Crippen molar-refractivity contribution in [3.63, 3.8) is 0 Å². The molecule has 218 valence electrons. The average Bonchev–Trinajstić information content (AvgIpc) is 3.30. The molecule has 3 unspecified atom stereocenters. The van der Waals surface area contributed by atoms with E-state index in [4.69, 9.17) is 9.47 Å². The first-order valence-corrected chi connectivity index (χ1v) is 13.3. The van der Waals surface area contributed by atoms with Gasteiger partial charge in [-0.05, 0) is 47.0 Å². The van der Waals surface area contributed by atoms with Crippen LogP contribution in [0.1, 0.15) is 67.7 Å². The predicted octanol–water partition coefficient (Wildman–Crippen LogP) is 1.62. The summed E-state index contributed by atoms with van der Waals surface area (Å²) >= 11 is 0. The second kappa shape index (κ2) is 15.4. The van der Waals surface area contributed by atoms with Gasteiger partial charge in [0.15, 0.2) is 5.78 Å². The van der Waals surface area contributed by atoms with Gasteiger partial charge in [0.1, 0.15) is 18.7 Å². The fourth-order valence-electron chi connectivity index (χ4n) is 4.69. The molecule has 1 N–H and O–H groups in total. The van der Waals surface area contributed by atoms with E-state index in [1.165, 1.54) is 11.8 Å². The van der Waals surface area contributed by atoms with Crippen LogP contribution >= 0.6 is 0 Å². The fraction of sp³-hybridized carbons (Fsp3) is 0.815. The third-order valence-electron chi connectivity index (χ3n) is 7.75. The molecule has 0 radical (unpaired) electrons. The number of carboxylic acid groups (broad SMARTS) is 1. The Morgan fingerprint density at radius 1 is 1.11 bits per heavy atom. The molecule has 1 fully saturated rings. The molecular weight excluding hydrogens is 494 g/mol. The number of aliphatic carboxylic acids is 1. The van der Waals surface area contributed by atoms with Gasteiger partial charge in [-0.15, -0.1) is 0 Å². The zero-order chi connectivity index (χ0) is 29.1. The van der Waals surface area contributed by atoms with Gasteiger partial charge < -0.3 is 24.3 Å². The number of carbonyl (C=O) groups is 5. The number of amides is 1. The molecule has 11 heteroatoms. The minimum atomic E-state index is -1.12. The summed E-state index contributed by atoms with van der Waals surface area (Å²) in [7, 11) is 0. The minimum absolute atomic E-state index is 0.0584. The van der Waals surface area contributed by atoms with Crippen molar-refractivity contribution in [2.24, 2.45) is 5.41 Å². The molecule has 1 rings (SSSR count). The van der Waals surface area contributed by atoms with Crippen molar-refractivity contribution in [3.8, 4) is 0 Å². The van der Waals surface area contributed by atoms with Gasteiger partial charge in [0.2, 0.25) is 5.91 Å². The lowest BCUT2D eigenvalue weighted by Crippen LogP contribution is -2.60. The number of nitrogens with zero attached hydrogens (tertiary/aromatic N) is 3. The number of hydrogen-bond acceptors (Lipinski definition) is 9. The van der Waals surface area contributed by atoms with E-state index in [1.54, 1.807) is 25.7 Å². The molecule has 38 heavy (non-hydrogen) atoms. The molecule has 3 atom stereocenters. The van der Waals surface area contributed by atoms with Gasteiger partial charge >= 0.3 is 5.97 Å². The topological polar surface area (TPSA) is 134 Å². The van der Waals surface area contributed by atoms with Crippen LogP contribution in [0.25, 0.3) is 0 Å². The first kappa shape index (κ1) is 33.8. The highest BCUT2D eigenvalue weighted by atomic mass is 16.5. The Kier molecular flexibility index (Phi) is 13.7. The highest BCUT2D eigenvalue weighted by Crippen LogP contribution is 2.30. The van der Waals surface area contributed by atoms with Gasteiger partial charge in [0.05, 0.1) is 57.2 Å². The van der Waals surface area contributed by atoms with E-state index in [1.807, 2.05) is 25.7 Å². The van der Waals surface area contributed by atoms with Gasteiger partial charge in [0, 0.05) is 18.9 Å². The maximum Gasteiger partial charge on any atom is 0.317 e. The van der Waals surface area contributed by atoms with Crippen molar-refractivity contribution in [2.75, 3.05) is 52.5 Å². The highest BCUT2D eigenvalue weighted by Gasteiger charge is 2.37. The molecule has 11 nitrogen and oxygen atoms in total. The average molecular weight is 542 g/mol. The third-order valence-corrected chi connectivity index (χ3v) is 7.75. The molecule has 0 saturated carbocycles. The maximum atomic E-state index is 12.9. The van der Waals surface area contributed by atoms with Crippen LogP contribution in [0.5, 0.6) is 0 Å². The van der Waals surface area contributed by atoms with Crippen LogP contribution in [0.2, 0.25) is 0 Å². The normalized spacial score (nSPS) is 18.4. The van der Waals surface area contributed by atoms with Crippen LogP contribution in [0.15, 0.2) is 0 Å². The molecule has 0 aliphatic carbocycles. The Morgan fingerprint density at radius 3 is 2.29 bits per heavy atom.